The van der Waals surface area contributed by atoms with E-state index in [9.17, 15) is 18.0 Å². The van der Waals surface area contributed by atoms with Gasteiger partial charge in [0.05, 0.1) is 17.6 Å². The summed E-state index contributed by atoms with van der Waals surface area (Å²) in [5.41, 5.74) is 0.241. The molecule has 1 amide bonds. The second kappa shape index (κ2) is 7.88. The first-order valence-electron chi connectivity index (χ1n) is 9.91. The van der Waals surface area contributed by atoms with E-state index >= 15 is 0 Å². The number of pyridine rings is 1. The number of hydrogen-bond acceptors (Lipinski definition) is 5. The summed E-state index contributed by atoms with van der Waals surface area (Å²) in [6, 6.07) is 9.29. The number of aromatic nitrogens is 1. The van der Waals surface area contributed by atoms with Crippen LogP contribution in [0.25, 0.3) is 0 Å². The first-order chi connectivity index (χ1) is 14.3. The molecule has 8 nitrogen and oxygen atoms in total. The molecule has 0 spiro atoms. The molecule has 1 saturated heterocycles. The predicted octanol–water partition coefficient (Wildman–Crippen LogP) is 1.22. The van der Waals surface area contributed by atoms with Crippen LogP contribution in [0.4, 0.5) is 0 Å². The molecule has 30 heavy (non-hydrogen) atoms. The second-order valence-corrected chi connectivity index (χ2v) is 9.90. The number of benzene rings is 1. The number of sulfonamides is 1. The first kappa shape index (κ1) is 20.6. The van der Waals surface area contributed by atoms with Crippen molar-refractivity contribution in [3.8, 4) is 5.75 Å². The fraction of sp³-hybridized carbons (Fsp3) is 0.429. The lowest BCUT2D eigenvalue weighted by atomic mass is 9.93. The molecular formula is C21H25N3O5S. The largest absolute Gasteiger partial charge is 0.497 e. The van der Waals surface area contributed by atoms with Crippen LogP contribution in [0.15, 0.2) is 52.3 Å². The zero-order chi connectivity index (χ0) is 21.5. The van der Waals surface area contributed by atoms with Crippen molar-refractivity contribution in [2.75, 3.05) is 20.2 Å². The Kier molecular flexibility index (Phi) is 5.42. The van der Waals surface area contributed by atoms with Crippen LogP contribution in [-0.2, 0) is 17.1 Å². The van der Waals surface area contributed by atoms with Crippen LogP contribution in [0.1, 0.15) is 23.2 Å². The Morgan fingerprint density at radius 3 is 2.47 bits per heavy atom. The van der Waals surface area contributed by atoms with Gasteiger partial charge in [0.2, 0.25) is 15.6 Å². The fourth-order valence-corrected chi connectivity index (χ4v) is 6.07. The van der Waals surface area contributed by atoms with Gasteiger partial charge in [-0.3, -0.25) is 9.59 Å². The van der Waals surface area contributed by atoms with Crippen LogP contribution in [0, 0.1) is 11.8 Å². The van der Waals surface area contributed by atoms with E-state index in [4.69, 9.17) is 4.74 Å². The van der Waals surface area contributed by atoms with Gasteiger partial charge in [-0.1, -0.05) is 6.07 Å². The molecular weight excluding hydrogens is 406 g/mol. The van der Waals surface area contributed by atoms with E-state index < -0.39 is 10.0 Å². The van der Waals surface area contributed by atoms with Crippen molar-refractivity contribution in [1.29, 1.82) is 0 Å². The number of hydrogen-bond donors (Lipinski definition) is 1. The van der Waals surface area contributed by atoms with Gasteiger partial charge in [-0.2, -0.15) is 4.31 Å². The molecule has 2 aromatic rings. The summed E-state index contributed by atoms with van der Waals surface area (Å²) in [5, 5.41) is 3.08. The van der Waals surface area contributed by atoms with E-state index in [-0.39, 0.29) is 34.2 Å². The zero-order valence-electron chi connectivity index (χ0n) is 16.9. The maximum Gasteiger partial charge on any atom is 0.253 e. The summed E-state index contributed by atoms with van der Waals surface area (Å²) >= 11 is 0. The van der Waals surface area contributed by atoms with Gasteiger partial charge in [0.1, 0.15) is 5.75 Å². The third-order valence-corrected chi connectivity index (χ3v) is 7.95. The summed E-state index contributed by atoms with van der Waals surface area (Å²) in [6.45, 7) is 0.739. The van der Waals surface area contributed by atoms with E-state index in [1.165, 1.54) is 40.4 Å². The summed E-state index contributed by atoms with van der Waals surface area (Å²) in [5.74, 6) is 0.372. The van der Waals surface area contributed by atoms with Gasteiger partial charge in [-0.15, -0.1) is 0 Å². The minimum atomic E-state index is -3.63. The van der Waals surface area contributed by atoms with Crippen molar-refractivity contribution in [1.82, 2.24) is 14.2 Å². The molecule has 0 radical (unpaired) electrons. The number of ether oxygens (including phenoxy) is 1. The highest BCUT2D eigenvalue weighted by atomic mass is 32.2. The SMILES string of the molecule is COc1cccc(S(=O)(=O)N2C[C@H]3CC[C@@H](C2)C3NC(=O)c2ccc(=O)n(C)c2)c1. The summed E-state index contributed by atoms with van der Waals surface area (Å²) in [7, 11) is -0.526. The highest BCUT2D eigenvalue weighted by Gasteiger charge is 2.46. The summed E-state index contributed by atoms with van der Waals surface area (Å²) in [4.78, 5) is 24.5. The quantitative estimate of drug-likeness (QED) is 0.768. The topological polar surface area (TPSA) is 97.7 Å². The third-order valence-electron chi connectivity index (χ3n) is 6.13. The van der Waals surface area contributed by atoms with Crippen LogP contribution in [-0.4, -0.2) is 49.4 Å². The number of carbonyl (C=O) groups excluding carboxylic acids is 1. The smallest absolute Gasteiger partial charge is 0.253 e. The van der Waals surface area contributed by atoms with Gasteiger partial charge < -0.3 is 14.6 Å². The van der Waals surface area contributed by atoms with E-state index in [2.05, 4.69) is 5.32 Å². The molecule has 3 atom stereocenters. The number of nitrogens with one attached hydrogen (secondary N) is 1. The van der Waals surface area contributed by atoms with Crippen molar-refractivity contribution in [3.05, 3.63) is 58.5 Å². The van der Waals surface area contributed by atoms with Gasteiger partial charge in [-0.25, -0.2) is 8.42 Å². The van der Waals surface area contributed by atoms with E-state index in [1.54, 1.807) is 25.2 Å². The van der Waals surface area contributed by atoms with Crippen LogP contribution in [0.3, 0.4) is 0 Å². The molecule has 160 valence electrons. The molecule has 1 aromatic carbocycles. The van der Waals surface area contributed by atoms with Crippen molar-refractivity contribution < 1.29 is 17.9 Å². The average molecular weight is 432 g/mol. The highest BCUT2D eigenvalue weighted by molar-refractivity contribution is 7.89. The van der Waals surface area contributed by atoms with Crippen molar-refractivity contribution in [3.63, 3.8) is 0 Å². The van der Waals surface area contributed by atoms with Crippen molar-refractivity contribution in [2.24, 2.45) is 18.9 Å². The molecule has 1 unspecified atom stereocenters. The van der Waals surface area contributed by atoms with E-state index in [1.807, 2.05) is 0 Å². The van der Waals surface area contributed by atoms with Crippen LogP contribution >= 0.6 is 0 Å². The number of fused-ring (bicyclic) bond motifs is 2. The zero-order valence-corrected chi connectivity index (χ0v) is 17.8. The van der Waals surface area contributed by atoms with E-state index in [0.717, 1.165) is 12.8 Å². The number of methoxy groups -OCH3 is 1. The van der Waals surface area contributed by atoms with Gasteiger partial charge >= 0.3 is 0 Å². The molecule has 2 bridgehead atoms. The van der Waals surface area contributed by atoms with Gasteiger partial charge in [0.15, 0.2) is 0 Å². The number of piperidine rings is 1. The van der Waals surface area contributed by atoms with Crippen molar-refractivity contribution in [2.45, 2.75) is 23.8 Å². The van der Waals surface area contributed by atoms with Crippen LogP contribution < -0.4 is 15.6 Å². The second-order valence-electron chi connectivity index (χ2n) is 7.96. The molecule has 9 heteroatoms. The lowest BCUT2D eigenvalue weighted by Crippen LogP contribution is -2.53. The molecule has 2 fully saturated rings. The maximum atomic E-state index is 13.1. The van der Waals surface area contributed by atoms with Crippen molar-refractivity contribution >= 4 is 15.9 Å². The Labute approximate surface area is 175 Å². The Balaban J connectivity index is 1.49. The summed E-state index contributed by atoms with van der Waals surface area (Å²) in [6.07, 6.45) is 3.25. The minimum absolute atomic E-state index is 0.0561. The molecule has 1 saturated carbocycles. The average Bonchev–Trinajstić information content (AvgIpc) is 2.96. The number of rotatable bonds is 5. The van der Waals surface area contributed by atoms with Gasteiger partial charge in [-0.05, 0) is 42.9 Å². The standard InChI is InChI=1S/C21H25N3O5S/c1-23-11-16(8-9-19(23)25)21(26)22-20-14-6-7-15(20)13-24(12-14)30(27,28)18-5-3-4-17(10-18)29-2/h3-5,8-11,14-15,20H,6-7,12-13H2,1-2H3,(H,22,26)/t14-,15+,20?. The maximum absolute atomic E-state index is 13.1. The van der Waals surface area contributed by atoms with E-state index in [0.29, 0.717) is 24.4 Å². The highest BCUT2D eigenvalue weighted by Crippen LogP contribution is 2.39. The number of carbonyl (C=O) groups is 1. The molecule has 2 aliphatic rings. The fourth-order valence-electron chi connectivity index (χ4n) is 4.49. The molecule has 4 rings (SSSR count). The Bertz CT molecular complexity index is 1110. The Hall–Kier alpha value is -2.65. The summed E-state index contributed by atoms with van der Waals surface area (Å²) < 4.78 is 34.3. The monoisotopic (exact) mass is 431 g/mol. The number of nitrogens with zero attached hydrogens (tertiary/aromatic N) is 2. The lowest BCUT2D eigenvalue weighted by molar-refractivity contribution is 0.0887. The third kappa shape index (κ3) is 3.75. The molecule has 1 N–H and O–H groups in total. The Morgan fingerprint density at radius 1 is 1.13 bits per heavy atom. The molecule has 1 aliphatic heterocycles. The first-order valence-corrected chi connectivity index (χ1v) is 11.4. The molecule has 2 heterocycles. The number of amides is 1. The Morgan fingerprint density at radius 2 is 1.83 bits per heavy atom. The van der Waals surface area contributed by atoms with Crippen LogP contribution in [0.2, 0.25) is 0 Å². The lowest BCUT2D eigenvalue weighted by Gasteiger charge is -2.37. The molecule has 1 aliphatic carbocycles. The predicted molar refractivity (Wildman–Crippen MR) is 111 cm³/mol. The molecule has 1 aromatic heterocycles. The van der Waals surface area contributed by atoms with Gasteiger partial charge in [0, 0.05) is 44.5 Å². The van der Waals surface area contributed by atoms with Gasteiger partial charge in [0.25, 0.3) is 5.91 Å². The normalized spacial score (nSPS) is 23.9. The van der Waals surface area contributed by atoms with Crippen LogP contribution in [0.5, 0.6) is 5.75 Å². The number of aryl methyl sites for hydroxylation is 1. The minimum Gasteiger partial charge on any atom is -0.497 e.